The van der Waals surface area contributed by atoms with Crippen LogP contribution >= 0.6 is 11.8 Å². The Hall–Kier alpha value is -1.20. The number of alkyl halides is 3. The highest BCUT2D eigenvalue weighted by molar-refractivity contribution is 6.19. The van der Waals surface area contributed by atoms with Gasteiger partial charge in [-0.2, -0.15) is 13.2 Å². The van der Waals surface area contributed by atoms with Gasteiger partial charge in [0, 0.05) is 17.2 Å². The lowest BCUT2D eigenvalue weighted by Gasteiger charge is -2.05. The monoisotopic (exact) mass is 236 g/mol. The Balaban J connectivity index is 0.00000112. The van der Waals surface area contributed by atoms with Crippen molar-refractivity contribution in [2.24, 2.45) is 0 Å². The molecule has 0 amide bonds. The van der Waals surface area contributed by atoms with Crippen LogP contribution in [0.25, 0.3) is 10.9 Å². The molecule has 2 nitrogen and oxygen atoms in total. The zero-order valence-electron chi connectivity index (χ0n) is 7.55. The van der Waals surface area contributed by atoms with Crippen molar-refractivity contribution in [3.63, 3.8) is 0 Å². The smallest absolute Gasteiger partial charge is 0.344 e. The summed E-state index contributed by atoms with van der Waals surface area (Å²) >= 11 is 5.54. The van der Waals surface area contributed by atoms with Crippen LogP contribution in [0.3, 0.4) is 0 Å². The lowest BCUT2D eigenvalue weighted by atomic mass is 10.2. The van der Waals surface area contributed by atoms with Gasteiger partial charge < -0.3 is 6.15 Å². The Bertz CT molecular complexity index is 476. The van der Waals surface area contributed by atoms with E-state index >= 15 is 0 Å². The van der Waals surface area contributed by atoms with Crippen LogP contribution in [0, 0.1) is 0 Å². The average Bonchev–Trinajstić information content (AvgIpc) is 2.44. The van der Waals surface area contributed by atoms with Crippen LogP contribution < -0.4 is 6.15 Å². The maximum atomic E-state index is 12.4. The molecule has 82 valence electrons. The van der Waals surface area contributed by atoms with Crippen LogP contribution in [-0.2, 0) is 6.18 Å². The summed E-state index contributed by atoms with van der Waals surface area (Å²) in [4.78, 5) is 0. The van der Waals surface area contributed by atoms with E-state index < -0.39 is 11.9 Å². The zero-order chi connectivity index (χ0) is 10.3. The van der Waals surface area contributed by atoms with E-state index in [0.717, 1.165) is 6.07 Å². The third kappa shape index (κ3) is 1.93. The Kier molecular flexibility index (Phi) is 2.97. The number of halogens is 4. The summed E-state index contributed by atoms with van der Waals surface area (Å²) in [6.07, 6.45) is -4.42. The number of nitrogens with zero attached hydrogens (tertiary/aromatic N) is 1. The van der Waals surface area contributed by atoms with E-state index in [1.165, 1.54) is 6.07 Å². The fraction of sp³-hybridized carbons (Fsp3) is 0.111. The minimum Gasteiger partial charge on any atom is -0.344 e. The average molecular weight is 237 g/mol. The summed E-state index contributed by atoms with van der Waals surface area (Å²) in [7, 11) is 0. The minimum atomic E-state index is -4.42. The highest BCUT2D eigenvalue weighted by atomic mass is 35.5. The number of aromatic nitrogens is 1. The van der Waals surface area contributed by atoms with E-state index in [0.29, 0.717) is 15.0 Å². The second kappa shape index (κ2) is 3.75. The first kappa shape index (κ1) is 11.9. The summed E-state index contributed by atoms with van der Waals surface area (Å²) in [5.74, 6) is 0. The van der Waals surface area contributed by atoms with E-state index in [2.05, 4.69) is 0 Å². The van der Waals surface area contributed by atoms with Gasteiger partial charge >= 0.3 is 6.18 Å². The predicted molar refractivity (Wildman–Crippen MR) is 53.2 cm³/mol. The molecule has 0 aliphatic heterocycles. The summed E-state index contributed by atoms with van der Waals surface area (Å²) in [6, 6.07) is 7.46. The molecule has 3 N–H and O–H groups in total. The molecule has 0 radical (unpaired) electrons. The highest BCUT2D eigenvalue weighted by Crippen LogP contribution is 2.34. The first-order valence-electron chi connectivity index (χ1n) is 3.84. The van der Waals surface area contributed by atoms with Crippen LogP contribution in [0.4, 0.5) is 13.2 Å². The topological polar surface area (TPSA) is 39.9 Å². The molecule has 1 aromatic carbocycles. The molecule has 15 heavy (non-hydrogen) atoms. The predicted octanol–water partition coefficient (Wildman–Crippen LogP) is 3.82. The lowest BCUT2D eigenvalue weighted by molar-refractivity contribution is -0.141. The zero-order valence-corrected chi connectivity index (χ0v) is 8.31. The maximum absolute atomic E-state index is 12.4. The number of rotatable bonds is 0. The number of hydrogen-bond acceptors (Lipinski definition) is 1. The van der Waals surface area contributed by atoms with Crippen molar-refractivity contribution in [2.75, 3.05) is 0 Å². The molecule has 0 aliphatic carbocycles. The Morgan fingerprint density at radius 2 is 1.73 bits per heavy atom. The number of hydrogen-bond donors (Lipinski definition) is 1. The summed E-state index contributed by atoms with van der Waals surface area (Å²) in [5.41, 5.74) is -0.484. The molecule has 1 heterocycles. The first-order chi connectivity index (χ1) is 6.50. The van der Waals surface area contributed by atoms with Gasteiger partial charge in [-0.05, 0) is 12.1 Å². The molecule has 0 aliphatic rings. The molecule has 0 saturated heterocycles. The Labute approximate surface area is 88.9 Å². The third-order valence-electron chi connectivity index (χ3n) is 1.94. The van der Waals surface area contributed by atoms with Gasteiger partial charge in [0.05, 0.1) is 5.52 Å². The lowest BCUT2D eigenvalue weighted by Crippen LogP contribution is -2.08. The molecule has 1 aromatic heterocycles. The number of para-hydroxylation sites is 1. The van der Waals surface area contributed by atoms with Gasteiger partial charge in [-0.1, -0.05) is 18.2 Å². The molecule has 0 bridgehead atoms. The van der Waals surface area contributed by atoms with E-state index in [4.69, 9.17) is 11.8 Å². The van der Waals surface area contributed by atoms with Gasteiger partial charge in [0.25, 0.3) is 0 Å². The van der Waals surface area contributed by atoms with Crippen LogP contribution in [0.1, 0.15) is 5.69 Å². The van der Waals surface area contributed by atoms with Crippen LogP contribution in [0.15, 0.2) is 30.3 Å². The second-order valence-electron chi connectivity index (χ2n) is 2.87. The maximum Gasteiger partial charge on any atom is 0.432 e. The summed E-state index contributed by atoms with van der Waals surface area (Å²) < 4.78 is 37.8. The van der Waals surface area contributed by atoms with Crippen molar-refractivity contribution < 1.29 is 13.2 Å². The van der Waals surface area contributed by atoms with Crippen LogP contribution in [0.5, 0.6) is 0 Å². The molecule has 0 fully saturated rings. The van der Waals surface area contributed by atoms with Crippen molar-refractivity contribution in [1.82, 2.24) is 10.2 Å². The van der Waals surface area contributed by atoms with E-state index in [1.54, 1.807) is 18.2 Å². The van der Waals surface area contributed by atoms with Crippen molar-refractivity contribution >= 4 is 22.7 Å². The molecular formula is C9H8ClF3N2. The van der Waals surface area contributed by atoms with Gasteiger partial charge in [-0.3, -0.25) is 0 Å². The van der Waals surface area contributed by atoms with Crippen molar-refractivity contribution in [2.45, 2.75) is 6.18 Å². The van der Waals surface area contributed by atoms with Crippen molar-refractivity contribution in [3.8, 4) is 0 Å². The van der Waals surface area contributed by atoms with Crippen molar-refractivity contribution in [1.29, 1.82) is 0 Å². The molecule has 2 rings (SSSR count). The van der Waals surface area contributed by atoms with Gasteiger partial charge in [0.2, 0.25) is 0 Å². The number of benzene rings is 1. The fourth-order valence-corrected chi connectivity index (χ4v) is 1.61. The highest BCUT2D eigenvalue weighted by Gasteiger charge is 2.35. The second-order valence-corrected chi connectivity index (χ2v) is 3.21. The SMILES string of the molecule is FC(F)(F)c1cc2ccccc2n1Cl.N. The third-order valence-corrected chi connectivity index (χ3v) is 2.31. The van der Waals surface area contributed by atoms with Gasteiger partial charge in [0.15, 0.2) is 0 Å². The Morgan fingerprint density at radius 1 is 1.13 bits per heavy atom. The minimum absolute atomic E-state index is 0. The normalized spacial score (nSPS) is 11.5. The standard InChI is InChI=1S/C9H5ClF3N.H3N/c10-14-7-4-2-1-3-6(7)5-8(14)9(11,12)13;/h1-5H;1H3. The van der Waals surface area contributed by atoms with Crippen molar-refractivity contribution in [3.05, 3.63) is 36.0 Å². The quantitative estimate of drug-likeness (QED) is 0.742. The van der Waals surface area contributed by atoms with E-state index in [9.17, 15) is 13.2 Å². The summed E-state index contributed by atoms with van der Waals surface area (Å²) in [5, 5.41) is 0.481. The van der Waals surface area contributed by atoms with Crippen LogP contribution in [0.2, 0.25) is 0 Å². The summed E-state index contributed by atoms with van der Waals surface area (Å²) in [6.45, 7) is 0. The first-order valence-corrected chi connectivity index (χ1v) is 4.18. The molecule has 6 heteroatoms. The van der Waals surface area contributed by atoms with E-state index in [1.807, 2.05) is 0 Å². The molecule has 0 unspecified atom stereocenters. The Morgan fingerprint density at radius 3 is 2.27 bits per heavy atom. The largest absolute Gasteiger partial charge is 0.432 e. The fourth-order valence-electron chi connectivity index (χ4n) is 1.32. The van der Waals surface area contributed by atoms with Gasteiger partial charge in [-0.25, -0.2) is 4.09 Å². The molecule has 0 spiro atoms. The molecular weight excluding hydrogens is 229 g/mol. The molecule has 0 saturated carbocycles. The molecule has 0 atom stereocenters. The molecule has 2 aromatic rings. The number of fused-ring (bicyclic) bond motifs is 1. The van der Waals surface area contributed by atoms with Gasteiger partial charge in [0.1, 0.15) is 5.69 Å². The van der Waals surface area contributed by atoms with Gasteiger partial charge in [-0.15, -0.1) is 0 Å². The van der Waals surface area contributed by atoms with Crippen LogP contribution in [-0.4, -0.2) is 4.09 Å². The van der Waals surface area contributed by atoms with E-state index in [-0.39, 0.29) is 6.15 Å².